The fraction of sp³-hybridized carbons (Fsp3) is 0.167. The van der Waals surface area contributed by atoms with Gasteiger partial charge in [-0.3, -0.25) is 9.59 Å². The minimum absolute atomic E-state index is 0.164. The number of anilines is 1. The summed E-state index contributed by atoms with van der Waals surface area (Å²) in [5, 5.41) is 2.80. The zero-order valence-corrected chi connectivity index (χ0v) is 18.2. The van der Waals surface area contributed by atoms with Crippen LogP contribution in [-0.2, 0) is 10.0 Å². The first-order valence-electron chi connectivity index (χ1n) is 10.3. The molecule has 0 aromatic heterocycles. The Morgan fingerprint density at radius 2 is 1.25 bits per heavy atom. The van der Waals surface area contributed by atoms with Gasteiger partial charge in [-0.05, 0) is 48.5 Å². The van der Waals surface area contributed by atoms with Gasteiger partial charge in [0.05, 0.1) is 4.90 Å². The molecule has 2 amide bonds. The van der Waals surface area contributed by atoms with Crippen molar-refractivity contribution in [1.29, 1.82) is 0 Å². The second kappa shape index (κ2) is 9.33. The molecule has 1 aliphatic heterocycles. The van der Waals surface area contributed by atoms with Crippen LogP contribution in [-0.4, -0.2) is 55.6 Å². The van der Waals surface area contributed by atoms with Gasteiger partial charge in [-0.15, -0.1) is 0 Å². The summed E-state index contributed by atoms with van der Waals surface area (Å²) in [4.78, 5) is 27.0. The molecule has 1 saturated heterocycles. The monoisotopic (exact) mass is 449 g/mol. The Hall–Kier alpha value is -3.49. The normalized spacial score (nSPS) is 14.7. The fourth-order valence-electron chi connectivity index (χ4n) is 3.54. The fourth-order valence-corrected chi connectivity index (χ4v) is 4.99. The third-order valence-corrected chi connectivity index (χ3v) is 7.25. The van der Waals surface area contributed by atoms with Gasteiger partial charge in [0.15, 0.2) is 0 Å². The first-order valence-corrected chi connectivity index (χ1v) is 11.7. The van der Waals surface area contributed by atoms with E-state index >= 15 is 0 Å². The Kier molecular flexibility index (Phi) is 6.34. The minimum Gasteiger partial charge on any atom is -0.336 e. The quantitative estimate of drug-likeness (QED) is 0.649. The van der Waals surface area contributed by atoms with E-state index in [0.29, 0.717) is 29.9 Å². The predicted molar refractivity (Wildman–Crippen MR) is 122 cm³/mol. The Balaban J connectivity index is 1.36. The summed E-state index contributed by atoms with van der Waals surface area (Å²) in [6.45, 7) is 1.12. The van der Waals surface area contributed by atoms with Crippen molar-refractivity contribution in [3.63, 3.8) is 0 Å². The number of carbonyl (C=O) groups is 2. The van der Waals surface area contributed by atoms with Crippen LogP contribution in [0.15, 0.2) is 89.8 Å². The lowest BCUT2D eigenvalue weighted by Gasteiger charge is -2.34. The molecule has 1 heterocycles. The van der Waals surface area contributed by atoms with Gasteiger partial charge in [0.1, 0.15) is 0 Å². The average molecular weight is 450 g/mol. The summed E-state index contributed by atoms with van der Waals surface area (Å²) in [6.07, 6.45) is 0. The summed E-state index contributed by atoms with van der Waals surface area (Å²) in [5.74, 6) is -0.386. The predicted octanol–water partition coefficient (Wildman–Crippen LogP) is 3.09. The largest absolute Gasteiger partial charge is 0.336 e. The molecule has 3 aromatic carbocycles. The van der Waals surface area contributed by atoms with E-state index < -0.39 is 10.0 Å². The molecular formula is C24H23N3O4S. The van der Waals surface area contributed by atoms with Gasteiger partial charge in [-0.25, -0.2) is 8.42 Å². The molecule has 7 nitrogen and oxygen atoms in total. The van der Waals surface area contributed by atoms with Crippen molar-refractivity contribution in [2.24, 2.45) is 0 Å². The molecule has 0 radical (unpaired) electrons. The molecule has 0 aliphatic carbocycles. The third kappa shape index (κ3) is 4.71. The maximum absolute atomic E-state index is 12.9. The number of carbonyl (C=O) groups excluding carboxylic acids is 2. The van der Waals surface area contributed by atoms with Gasteiger partial charge in [0.25, 0.3) is 11.8 Å². The molecule has 1 N–H and O–H groups in total. The van der Waals surface area contributed by atoms with Gasteiger partial charge < -0.3 is 10.2 Å². The highest BCUT2D eigenvalue weighted by Gasteiger charge is 2.30. The van der Waals surface area contributed by atoms with E-state index in [1.807, 2.05) is 6.07 Å². The molecule has 3 aromatic rings. The number of benzene rings is 3. The minimum atomic E-state index is -3.56. The van der Waals surface area contributed by atoms with Gasteiger partial charge in [0.2, 0.25) is 10.0 Å². The third-order valence-electron chi connectivity index (χ3n) is 5.33. The van der Waals surface area contributed by atoms with E-state index in [4.69, 9.17) is 0 Å². The number of hydrogen-bond donors (Lipinski definition) is 1. The number of hydrogen-bond acceptors (Lipinski definition) is 4. The molecule has 0 spiro atoms. The number of piperazine rings is 1. The molecule has 164 valence electrons. The summed E-state index contributed by atoms with van der Waals surface area (Å²) >= 11 is 0. The van der Waals surface area contributed by atoms with Crippen LogP contribution in [0.4, 0.5) is 5.69 Å². The van der Waals surface area contributed by atoms with Crippen molar-refractivity contribution < 1.29 is 18.0 Å². The van der Waals surface area contributed by atoms with Crippen molar-refractivity contribution in [1.82, 2.24) is 9.21 Å². The van der Waals surface area contributed by atoms with E-state index in [0.717, 1.165) is 0 Å². The van der Waals surface area contributed by atoms with Gasteiger partial charge in [0, 0.05) is 43.0 Å². The Morgan fingerprint density at radius 1 is 0.688 bits per heavy atom. The molecule has 0 bridgehead atoms. The topological polar surface area (TPSA) is 86.8 Å². The van der Waals surface area contributed by atoms with E-state index in [9.17, 15) is 18.0 Å². The van der Waals surface area contributed by atoms with E-state index in [1.54, 1.807) is 83.8 Å². The van der Waals surface area contributed by atoms with Crippen LogP contribution in [0.25, 0.3) is 0 Å². The van der Waals surface area contributed by atoms with E-state index in [2.05, 4.69) is 5.32 Å². The lowest BCUT2D eigenvalue weighted by molar-refractivity contribution is 0.0698. The number of nitrogens with zero attached hydrogens (tertiary/aromatic N) is 2. The van der Waals surface area contributed by atoms with Crippen molar-refractivity contribution in [2.75, 3.05) is 31.5 Å². The number of sulfonamides is 1. The lowest BCUT2D eigenvalue weighted by Crippen LogP contribution is -2.50. The summed E-state index contributed by atoms with van der Waals surface area (Å²) in [6, 6.07) is 23.9. The Bertz CT molecular complexity index is 1190. The molecule has 8 heteroatoms. The number of rotatable bonds is 5. The van der Waals surface area contributed by atoms with E-state index in [-0.39, 0.29) is 29.8 Å². The van der Waals surface area contributed by atoms with Crippen LogP contribution in [0.3, 0.4) is 0 Å². The molecule has 0 unspecified atom stereocenters. The van der Waals surface area contributed by atoms with Crippen molar-refractivity contribution >= 4 is 27.5 Å². The first kappa shape index (κ1) is 21.7. The maximum atomic E-state index is 12.9. The zero-order chi connectivity index (χ0) is 22.6. The SMILES string of the molecule is O=C(Nc1ccc(C(=O)N2CCN(S(=O)(=O)c3ccccc3)CC2)cc1)c1ccccc1. The van der Waals surface area contributed by atoms with Crippen LogP contribution in [0.1, 0.15) is 20.7 Å². The van der Waals surface area contributed by atoms with Crippen LogP contribution in [0.2, 0.25) is 0 Å². The molecule has 4 rings (SSSR count). The standard InChI is InChI=1S/C24H23N3O4S/c28-23(19-7-3-1-4-8-19)25-21-13-11-20(12-14-21)24(29)26-15-17-27(18-16-26)32(30,31)22-9-5-2-6-10-22/h1-14H,15-18H2,(H,25,28). The second-order valence-electron chi connectivity index (χ2n) is 7.41. The highest BCUT2D eigenvalue weighted by Crippen LogP contribution is 2.19. The van der Waals surface area contributed by atoms with Crippen molar-refractivity contribution in [3.8, 4) is 0 Å². The zero-order valence-electron chi connectivity index (χ0n) is 17.3. The molecule has 0 atom stereocenters. The van der Waals surface area contributed by atoms with Crippen molar-refractivity contribution in [3.05, 3.63) is 96.1 Å². The van der Waals surface area contributed by atoms with Gasteiger partial charge in [-0.2, -0.15) is 4.31 Å². The lowest BCUT2D eigenvalue weighted by atomic mass is 10.1. The summed E-state index contributed by atoms with van der Waals surface area (Å²) < 4.78 is 26.9. The van der Waals surface area contributed by atoms with Crippen LogP contribution in [0, 0.1) is 0 Å². The molecule has 1 aliphatic rings. The molecule has 1 fully saturated rings. The van der Waals surface area contributed by atoms with Crippen molar-refractivity contribution in [2.45, 2.75) is 4.90 Å². The molecular weight excluding hydrogens is 426 g/mol. The Morgan fingerprint density at radius 3 is 1.84 bits per heavy atom. The van der Waals surface area contributed by atoms with Gasteiger partial charge >= 0.3 is 0 Å². The number of nitrogens with one attached hydrogen (secondary N) is 1. The maximum Gasteiger partial charge on any atom is 0.255 e. The number of amides is 2. The Labute approximate surface area is 187 Å². The van der Waals surface area contributed by atoms with E-state index in [1.165, 1.54) is 4.31 Å². The first-order chi connectivity index (χ1) is 15.4. The van der Waals surface area contributed by atoms with Crippen LogP contribution >= 0.6 is 0 Å². The summed E-state index contributed by atoms with van der Waals surface area (Å²) in [5.41, 5.74) is 1.63. The second-order valence-corrected chi connectivity index (χ2v) is 9.34. The highest BCUT2D eigenvalue weighted by molar-refractivity contribution is 7.89. The summed E-state index contributed by atoms with van der Waals surface area (Å²) in [7, 11) is -3.56. The van der Waals surface area contributed by atoms with Gasteiger partial charge in [-0.1, -0.05) is 36.4 Å². The van der Waals surface area contributed by atoms with Crippen LogP contribution < -0.4 is 5.32 Å². The molecule has 0 saturated carbocycles. The molecule has 32 heavy (non-hydrogen) atoms. The average Bonchev–Trinajstić information content (AvgIpc) is 2.85. The highest BCUT2D eigenvalue weighted by atomic mass is 32.2. The smallest absolute Gasteiger partial charge is 0.255 e. The van der Waals surface area contributed by atoms with Crippen LogP contribution in [0.5, 0.6) is 0 Å².